The van der Waals surface area contributed by atoms with Gasteiger partial charge in [-0.25, -0.2) is 9.50 Å². The fourth-order valence-corrected chi connectivity index (χ4v) is 5.01. The first-order valence-electron chi connectivity index (χ1n) is 10.8. The zero-order valence-corrected chi connectivity index (χ0v) is 17.6. The number of benzene rings is 1. The quantitative estimate of drug-likeness (QED) is 0.661. The normalized spacial score (nSPS) is 25.0. The van der Waals surface area contributed by atoms with Crippen molar-refractivity contribution in [2.75, 3.05) is 25.0 Å². The van der Waals surface area contributed by atoms with E-state index in [-0.39, 0.29) is 11.5 Å². The molecule has 0 radical (unpaired) electrons. The summed E-state index contributed by atoms with van der Waals surface area (Å²) in [5.74, 6) is 3.23. The molecule has 31 heavy (non-hydrogen) atoms. The Hall–Kier alpha value is -3.13. The number of nitrogens with one attached hydrogen (secondary N) is 2. The molecule has 1 aliphatic carbocycles. The molecule has 3 aliphatic rings. The predicted molar refractivity (Wildman–Crippen MR) is 115 cm³/mol. The van der Waals surface area contributed by atoms with Gasteiger partial charge in [0.15, 0.2) is 5.65 Å². The smallest absolute Gasteiger partial charge is 0.261 e. The minimum absolute atomic E-state index is 0.260. The molecule has 3 atom stereocenters. The number of amides is 1. The van der Waals surface area contributed by atoms with E-state index in [4.69, 9.17) is 9.47 Å². The second-order valence-electron chi connectivity index (χ2n) is 9.36. The zero-order chi connectivity index (χ0) is 21.2. The number of piperidine rings is 1. The van der Waals surface area contributed by atoms with Crippen molar-refractivity contribution in [1.82, 2.24) is 19.9 Å². The molecule has 8 heteroatoms. The maximum absolute atomic E-state index is 13.1. The molecule has 2 fully saturated rings. The van der Waals surface area contributed by atoms with Gasteiger partial charge in [-0.1, -0.05) is 0 Å². The second-order valence-corrected chi connectivity index (χ2v) is 9.36. The zero-order valence-electron chi connectivity index (χ0n) is 17.6. The number of hydrogen-bond acceptors (Lipinski definition) is 6. The van der Waals surface area contributed by atoms with E-state index in [1.807, 2.05) is 12.1 Å². The lowest BCUT2D eigenvalue weighted by Crippen LogP contribution is -2.24. The number of hydrogen-bond donors (Lipinski definition) is 2. The van der Waals surface area contributed by atoms with E-state index in [1.165, 1.54) is 6.20 Å². The third kappa shape index (κ3) is 3.22. The van der Waals surface area contributed by atoms with Crippen molar-refractivity contribution >= 4 is 17.2 Å². The van der Waals surface area contributed by atoms with Gasteiger partial charge in [-0.3, -0.25) is 4.79 Å². The van der Waals surface area contributed by atoms with Crippen molar-refractivity contribution in [2.45, 2.75) is 25.9 Å². The minimum atomic E-state index is -0.270. The second kappa shape index (κ2) is 6.68. The van der Waals surface area contributed by atoms with Gasteiger partial charge in [0.2, 0.25) is 0 Å². The van der Waals surface area contributed by atoms with Crippen molar-refractivity contribution in [1.29, 1.82) is 0 Å². The van der Waals surface area contributed by atoms with Crippen molar-refractivity contribution in [2.24, 2.45) is 17.8 Å². The number of fused-ring (bicyclic) bond motifs is 3. The summed E-state index contributed by atoms with van der Waals surface area (Å²) >= 11 is 0. The third-order valence-corrected chi connectivity index (χ3v) is 6.64. The highest BCUT2D eigenvalue weighted by Gasteiger charge is 2.53. The summed E-state index contributed by atoms with van der Waals surface area (Å²) in [6.07, 6.45) is 5.74. The van der Waals surface area contributed by atoms with E-state index in [2.05, 4.69) is 34.6 Å². The number of nitrogens with zero attached hydrogens (tertiary/aromatic N) is 3. The molecule has 2 N–H and O–H groups in total. The van der Waals surface area contributed by atoms with Crippen molar-refractivity contribution in [3.63, 3.8) is 0 Å². The number of rotatable bonds is 5. The number of carbonyl (C=O) groups excluding carboxylic acids is 1. The minimum Gasteiger partial charge on any atom is -0.491 e. The molecule has 3 aromatic rings. The predicted octanol–water partition coefficient (Wildman–Crippen LogP) is 2.54. The van der Waals surface area contributed by atoms with Crippen LogP contribution in [0.15, 0.2) is 36.8 Å². The van der Waals surface area contributed by atoms with Crippen LogP contribution in [0.1, 0.15) is 29.8 Å². The molecule has 1 amide bonds. The first kappa shape index (κ1) is 18.6. The lowest BCUT2D eigenvalue weighted by Gasteiger charge is -2.17. The SMILES string of the molecule is CC1(C)Cc2cc(NC(=O)c3cnn4cccnc34)c(OC[C@H]3[C@@H]4CNC[C@@H]43)cc2O1. The molecule has 0 unspecified atom stereocenters. The Morgan fingerprint density at radius 3 is 3.03 bits per heavy atom. The largest absolute Gasteiger partial charge is 0.491 e. The van der Waals surface area contributed by atoms with Gasteiger partial charge in [-0.2, -0.15) is 5.10 Å². The van der Waals surface area contributed by atoms with E-state index in [0.29, 0.717) is 47.0 Å². The van der Waals surface area contributed by atoms with Gasteiger partial charge in [-0.05, 0) is 50.9 Å². The Morgan fingerprint density at radius 1 is 1.35 bits per heavy atom. The van der Waals surface area contributed by atoms with Crippen molar-refractivity contribution in [3.05, 3.63) is 47.9 Å². The summed E-state index contributed by atoms with van der Waals surface area (Å²) in [6.45, 7) is 6.93. The van der Waals surface area contributed by atoms with Crippen LogP contribution in [-0.4, -0.2) is 45.8 Å². The van der Waals surface area contributed by atoms with Crippen LogP contribution < -0.4 is 20.1 Å². The van der Waals surface area contributed by atoms with Crippen molar-refractivity contribution < 1.29 is 14.3 Å². The van der Waals surface area contributed by atoms with E-state index in [0.717, 1.165) is 30.8 Å². The van der Waals surface area contributed by atoms with Gasteiger partial charge in [0, 0.05) is 36.4 Å². The molecule has 0 bridgehead atoms. The van der Waals surface area contributed by atoms with Crippen LogP contribution in [0.2, 0.25) is 0 Å². The number of ether oxygens (including phenoxy) is 2. The highest BCUT2D eigenvalue weighted by Crippen LogP contribution is 2.49. The summed E-state index contributed by atoms with van der Waals surface area (Å²) in [6, 6.07) is 5.68. The fourth-order valence-electron chi connectivity index (χ4n) is 5.01. The monoisotopic (exact) mass is 419 g/mol. The average molecular weight is 419 g/mol. The summed E-state index contributed by atoms with van der Waals surface area (Å²) in [5.41, 5.74) is 2.40. The molecule has 160 valence electrons. The molecule has 4 heterocycles. The Kier molecular flexibility index (Phi) is 4.02. The maximum atomic E-state index is 13.1. The molecule has 1 aromatic carbocycles. The van der Waals surface area contributed by atoms with Crippen LogP contribution in [0, 0.1) is 17.8 Å². The topological polar surface area (TPSA) is 89.8 Å². The van der Waals surface area contributed by atoms with E-state index in [9.17, 15) is 4.79 Å². The van der Waals surface area contributed by atoms with E-state index >= 15 is 0 Å². The molecule has 0 spiro atoms. The maximum Gasteiger partial charge on any atom is 0.261 e. The highest BCUT2D eigenvalue weighted by atomic mass is 16.5. The Labute approximate surface area is 179 Å². The highest BCUT2D eigenvalue weighted by molar-refractivity contribution is 6.08. The first-order valence-corrected chi connectivity index (χ1v) is 10.8. The molecule has 2 aliphatic heterocycles. The molecule has 1 saturated carbocycles. The molecule has 2 aromatic heterocycles. The van der Waals surface area contributed by atoms with Gasteiger partial charge in [0.25, 0.3) is 5.91 Å². The van der Waals surface area contributed by atoms with Gasteiger partial charge in [0.05, 0.1) is 18.5 Å². The molecule has 6 rings (SSSR count). The number of anilines is 1. The van der Waals surface area contributed by atoms with Crippen LogP contribution in [0.25, 0.3) is 5.65 Å². The van der Waals surface area contributed by atoms with Gasteiger partial charge < -0.3 is 20.1 Å². The lowest BCUT2D eigenvalue weighted by molar-refractivity contribution is 0.102. The Morgan fingerprint density at radius 2 is 2.19 bits per heavy atom. The molecular weight excluding hydrogens is 394 g/mol. The van der Waals surface area contributed by atoms with Crippen LogP contribution in [-0.2, 0) is 6.42 Å². The van der Waals surface area contributed by atoms with Crippen LogP contribution in [0.3, 0.4) is 0 Å². The standard InChI is InChI=1S/C23H25N5O3/c1-23(2)8-13-6-18(27-22(29)16-11-26-28-5-3-4-25-21(16)28)20(7-19(13)31-23)30-12-17-14-9-24-10-15(14)17/h3-7,11,14-15,17,24H,8-10,12H2,1-2H3,(H,27,29)/t14-,15+,17+. The van der Waals surface area contributed by atoms with Crippen LogP contribution >= 0.6 is 0 Å². The lowest BCUT2D eigenvalue weighted by atomic mass is 10.0. The average Bonchev–Trinajstić information content (AvgIpc) is 3.14. The van der Waals surface area contributed by atoms with Crippen LogP contribution in [0.5, 0.6) is 11.5 Å². The van der Waals surface area contributed by atoms with Gasteiger partial charge in [0.1, 0.15) is 22.7 Å². The van der Waals surface area contributed by atoms with E-state index in [1.54, 1.807) is 23.0 Å². The summed E-state index contributed by atoms with van der Waals surface area (Å²) in [4.78, 5) is 17.4. The van der Waals surface area contributed by atoms with Gasteiger partial charge >= 0.3 is 0 Å². The summed E-state index contributed by atoms with van der Waals surface area (Å²) in [7, 11) is 0. The van der Waals surface area contributed by atoms with Crippen molar-refractivity contribution in [3.8, 4) is 11.5 Å². The molecule has 1 saturated heterocycles. The Balaban J connectivity index is 1.28. The van der Waals surface area contributed by atoms with E-state index < -0.39 is 0 Å². The summed E-state index contributed by atoms with van der Waals surface area (Å²) in [5, 5.41) is 10.7. The fraction of sp³-hybridized carbons (Fsp3) is 0.435. The van der Waals surface area contributed by atoms with Gasteiger partial charge in [-0.15, -0.1) is 0 Å². The van der Waals surface area contributed by atoms with Crippen LogP contribution in [0.4, 0.5) is 5.69 Å². The first-order chi connectivity index (χ1) is 15.0. The third-order valence-electron chi connectivity index (χ3n) is 6.64. The molecule has 8 nitrogen and oxygen atoms in total. The summed E-state index contributed by atoms with van der Waals surface area (Å²) < 4.78 is 13.9. The Bertz CT molecular complexity index is 1180. The molecular formula is C23H25N5O3. The number of aromatic nitrogens is 3. The number of carbonyl (C=O) groups is 1.